The summed E-state index contributed by atoms with van der Waals surface area (Å²) in [6.45, 7) is 4.04. The van der Waals surface area contributed by atoms with Crippen molar-refractivity contribution in [1.29, 1.82) is 0 Å². The third kappa shape index (κ3) is 4.08. The number of hydrogen-bond donors (Lipinski definition) is 1. The zero-order chi connectivity index (χ0) is 14.4. The van der Waals surface area contributed by atoms with E-state index in [1.54, 1.807) is 0 Å². The highest BCUT2D eigenvalue weighted by Gasteiger charge is 2.27. The Balaban J connectivity index is 1.99. The molecule has 0 aliphatic carbocycles. The van der Waals surface area contributed by atoms with Crippen molar-refractivity contribution in [3.8, 4) is 11.8 Å². The second-order valence-electron chi connectivity index (χ2n) is 5.32. The normalized spacial score (nSPS) is 21.8. The quantitative estimate of drug-likeness (QED) is 0.852. The number of aliphatic hydroxyl groups excluding tert-OH is 1. The van der Waals surface area contributed by atoms with E-state index in [1.165, 1.54) is 5.56 Å². The number of nitrogens with zero attached hydrogens (tertiary/aromatic N) is 1. The summed E-state index contributed by atoms with van der Waals surface area (Å²) in [5.41, 5.74) is 2.28. The van der Waals surface area contributed by atoms with Gasteiger partial charge < -0.3 is 9.84 Å². The zero-order valence-corrected chi connectivity index (χ0v) is 12.3. The third-order valence-corrected chi connectivity index (χ3v) is 3.73. The number of hydrogen-bond acceptors (Lipinski definition) is 3. The summed E-state index contributed by atoms with van der Waals surface area (Å²) in [6, 6.07) is 8.81. The van der Waals surface area contributed by atoms with Crippen LogP contribution in [0.1, 0.15) is 30.9 Å². The van der Waals surface area contributed by atoms with Crippen molar-refractivity contribution < 1.29 is 9.84 Å². The molecule has 108 valence electrons. The molecule has 20 heavy (non-hydrogen) atoms. The molecule has 1 saturated heterocycles. The Kier molecular flexibility index (Phi) is 5.60. The van der Waals surface area contributed by atoms with Crippen molar-refractivity contribution in [2.75, 3.05) is 20.3 Å². The van der Waals surface area contributed by atoms with Gasteiger partial charge in [0.15, 0.2) is 0 Å². The molecule has 0 radical (unpaired) electrons. The lowest BCUT2D eigenvalue weighted by molar-refractivity contribution is 0.0814. The topological polar surface area (TPSA) is 32.7 Å². The van der Waals surface area contributed by atoms with Crippen LogP contribution in [0.5, 0.6) is 0 Å². The van der Waals surface area contributed by atoms with E-state index in [4.69, 9.17) is 9.84 Å². The first kappa shape index (κ1) is 15.1. The molecule has 1 aromatic carbocycles. The van der Waals surface area contributed by atoms with Crippen molar-refractivity contribution in [3.05, 3.63) is 35.4 Å². The molecule has 0 saturated carbocycles. The fourth-order valence-electron chi connectivity index (χ4n) is 2.67. The first-order valence-corrected chi connectivity index (χ1v) is 7.21. The highest BCUT2D eigenvalue weighted by molar-refractivity contribution is 5.37. The van der Waals surface area contributed by atoms with Gasteiger partial charge in [0.1, 0.15) is 0 Å². The lowest BCUT2D eigenvalue weighted by atomic mass is 10.1. The van der Waals surface area contributed by atoms with E-state index in [-0.39, 0.29) is 6.61 Å². The van der Waals surface area contributed by atoms with Crippen molar-refractivity contribution >= 4 is 0 Å². The molecular weight excluding hydrogens is 250 g/mol. The molecule has 0 spiro atoms. The average Bonchev–Trinajstić information content (AvgIpc) is 2.86. The van der Waals surface area contributed by atoms with Crippen molar-refractivity contribution in [2.45, 2.75) is 38.5 Å². The van der Waals surface area contributed by atoms with Crippen LogP contribution in [0.2, 0.25) is 0 Å². The standard InChI is InChI=1S/C17H23NO2/c1-14-17(9-11-20-14)18(2)13-16-8-5-7-15(12-16)6-3-4-10-19/h5,7-8,12,14,17,19H,4,9-11,13H2,1-2H3. The molecule has 3 nitrogen and oxygen atoms in total. The minimum absolute atomic E-state index is 0.120. The Bertz CT molecular complexity index is 489. The lowest BCUT2D eigenvalue weighted by Crippen LogP contribution is -2.36. The molecule has 0 amide bonds. The first-order valence-electron chi connectivity index (χ1n) is 7.21. The van der Waals surface area contributed by atoms with Gasteiger partial charge in [-0.25, -0.2) is 0 Å². The van der Waals surface area contributed by atoms with E-state index < -0.39 is 0 Å². The Morgan fingerprint density at radius 1 is 1.45 bits per heavy atom. The van der Waals surface area contributed by atoms with E-state index in [0.717, 1.165) is 25.1 Å². The molecular formula is C17H23NO2. The molecule has 1 heterocycles. The molecule has 1 aromatic rings. The monoisotopic (exact) mass is 273 g/mol. The molecule has 0 aromatic heterocycles. The van der Waals surface area contributed by atoms with E-state index >= 15 is 0 Å². The Labute approximate surface area is 121 Å². The largest absolute Gasteiger partial charge is 0.395 e. The molecule has 0 bridgehead atoms. The smallest absolute Gasteiger partial charge is 0.0703 e. The summed E-state index contributed by atoms with van der Waals surface area (Å²) in [5.74, 6) is 6.04. The number of likely N-dealkylation sites (N-methyl/N-ethyl adjacent to an activating group) is 1. The summed E-state index contributed by atoms with van der Waals surface area (Å²) in [4.78, 5) is 2.36. The number of benzene rings is 1. The van der Waals surface area contributed by atoms with Crippen molar-refractivity contribution in [2.24, 2.45) is 0 Å². The zero-order valence-electron chi connectivity index (χ0n) is 12.3. The summed E-state index contributed by atoms with van der Waals surface area (Å²) in [7, 11) is 2.15. The highest BCUT2D eigenvalue weighted by Crippen LogP contribution is 2.20. The molecule has 1 N–H and O–H groups in total. The molecule has 2 unspecified atom stereocenters. The van der Waals surface area contributed by atoms with Gasteiger partial charge in [0.2, 0.25) is 0 Å². The van der Waals surface area contributed by atoms with Gasteiger partial charge >= 0.3 is 0 Å². The molecule has 3 heteroatoms. The van der Waals surface area contributed by atoms with Crippen LogP contribution in [0.25, 0.3) is 0 Å². The van der Waals surface area contributed by atoms with Crippen molar-refractivity contribution in [1.82, 2.24) is 4.90 Å². The van der Waals surface area contributed by atoms with E-state index in [1.807, 2.05) is 12.1 Å². The van der Waals surface area contributed by atoms with Gasteiger partial charge in [0.25, 0.3) is 0 Å². The minimum Gasteiger partial charge on any atom is -0.395 e. The number of ether oxygens (including phenoxy) is 1. The van der Waals surface area contributed by atoms with Crippen LogP contribution in [0, 0.1) is 11.8 Å². The summed E-state index contributed by atoms with van der Waals surface area (Å²) in [6.07, 6.45) is 1.95. The number of aliphatic hydroxyl groups is 1. The van der Waals surface area contributed by atoms with Crippen LogP contribution in [-0.4, -0.2) is 42.4 Å². The van der Waals surface area contributed by atoms with E-state index in [2.05, 4.69) is 42.8 Å². The maximum absolute atomic E-state index is 8.74. The average molecular weight is 273 g/mol. The maximum Gasteiger partial charge on any atom is 0.0703 e. The second-order valence-corrected chi connectivity index (χ2v) is 5.32. The van der Waals surface area contributed by atoms with Gasteiger partial charge in [0, 0.05) is 31.2 Å². The highest BCUT2D eigenvalue weighted by atomic mass is 16.5. The van der Waals surface area contributed by atoms with Gasteiger partial charge in [-0.15, -0.1) is 0 Å². The molecule has 1 aliphatic heterocycles. The lowest BCUT2D eigenvalue weighted by Gasteiger charge is -2.26. The van der Waals surface area contributed by atoms with Crippen molar-refractivity contribution in [3.63, 3.8) is 0 Å². The van der Waals surface area contributed by atoms with Crippen LogP contribution in [0.4, 0.5) is 0 Å². The fourth-order valence-corrected chi connectivity index (χ4v) is 2.67. The SMILES string of the molecule is CC1OCCC1N(C)Cc1cccc(C#CCCO)c1. The predicted molar refractivity (Wildman–Crippen MR) is 80.3 cm³/mol. The van der Waals surface area contributed by atoms with E-state index in [9.17, 15) is 0 Å². The molecule has 2 atom stereocenters. The van der Waals surface area contributed by atoms with E-state index in [0.29, 0.717) is 18.6 Å². The summed E-state index contributed by atoms with van der Waals surface area (Å²) >= 11 is 0. The van der Waals surface area contributed by atoms with Gasteiger partial charge in [-0.3, -0.25) is 4.90 Å². The van der Waals surface area contributed by atoms with Gasteiger partial charge in [-0.1, -0.05) is 24.0 Å². The van der Waals surface area contributed by atoms with Crippen LogP contribution >= 0.6 is 0 Å². The van der Waals surface area contributed by atoms with Gasteiger partial charge in [-0.2, -0.15) is 0 Å². The third-order valence-electron chi connectivity index (χ3n) is 3.73. The molecule has 1 fully saturated rings. The second kappa shape index (κ2) is 7.44. The Morgan fingerprint density at radius 3 is 3.00 bits per heavy atom. The maximum atomic E-state index is 8.74. The van der Waals surface area contributed by atoms with Gasteiger partial charge in [-0.05, 0) is 38.1 Å². The first-order chi connectivity index (χ1) is 9.70. The Hall–Kier alpha value is -1.34. The molecule has 1 aliphatic rings. The van der Waals surface area contributed by atoms with Crippen LogP contribution in [0.3, 0.4) is 0 Å². The van der Waals surface area contributed by atoms with Gasteiger partial charge in [0.05, 0.1) is 12.7 Å². The fraction of sp³-hybridized carbons (Fsp3) is 0.529. The molecule has 2 rings (SSSR count). The van der Waals surface area contributed by atoms with Crippen LogP contribution in [0.15, 0.2) is 24.3 Å². The minimum atomic E-state index is 0.120. The van der Waals surface area contributed by atoms with Crippen LogP contribution < -0.4 is 0 Å². The predicted octanol–water partition coefficient (Wildman–Crippen LogP) is 2.03. The summed E-state index contributed by atoms with van der Waals surface area (Å²) in [5, 5.41) is 8.74. The van der Waals surface area contributed by atoms with Crippen LogP contribution in [-0.2, 0) is 11.3 Å². The number of rotatable bonds is 4. The Morgan fingerprint density at radius 2 is 2.30 bits per heavy atom. The summed E-state index contributed by atoms with van der Waals surface area (Å²) < 4.78 is 5.63.